The Bertz CT molecular complexity index is 811. The van der Waals surface area contributed by atoms with Gasteiger partial charge in [-0.15, -0.1) is 0 Å². The number of anilines is 2. The van der Waals surface area contributed by atoms with E-state index in [9.17, 15) is 0 Å². The van der Waals surface area contributed by atoms with Crippen LogP contribution in [0.5, 0.6) is 0 Å². The van der Waals surface area contributed by atoms with Crippen molar-refractivity contribution in [2.24, 2.45) is 0 Å². The molecule has 0 amide bonds. The van der Waals surface area contributed by atoms with Crippen molar-refractivity contribution in [3.63, 3.8) is 0 Å². The summed E-state index contributed by atoms with van der Waals surface area (Å²) in [6.45, 7) is 12.2. The van der Waals surface area contributed by atoms with Crippen molar-refractivity contribution in [1.82, 2.24) is 15.0 Å². The summed E-state index contributed by atoms with van der Waals surface area (Å²) in [4.78, 5) is 11.8. The van der Waals surface area contributed by atoms with E-state index in [1.807, 2.05) is 58.3 Å². The van der Waals surface area contributed by atoms with Gasteiger partial charge < -0.3 is 17.6 Å². The van der Waals surface area contributed by atoms with E-state index in [1.54, 1.807) is 12.4 Å². The van der Waals surface area contributed by atoms with Crippen LogP contribution in [0.2, 0.25) is 0 Å². The zero-order chi connectivity index (χ0) is 19.7. The maximum Gasteiger partial charge on any atom is 1.00 e. The third kappa shape index (κ3) is 9.80. The Morgan fingerprint density at radius 2 is 1.25 bits per heavy atom. The summed E-state index contributed by atoms with van der Waals surface area (Å²) >= 11 is 0. The monoisotopic (exact) mass is 390 g/mol. The zero-order valence-electron chi connectivity index (χ0n) is 18.1. The number of nitrogens with two attached hydrogens (primary N) is 3. The van der Waals surface area contributed by atoms with Crippen LogP contribution in [0.15, 0.2) is 43.0 Å². The minimum absolute atomic E-state index is 0. The molecule has 0 bridgehead atoms. The van der Waals surface area contributed by atoms with Gasteiger partial charge in [0.05, 0.1) is 0 Å². The smallest absolute Gasteiger partial charge is 0.693 e. The molecule has 0 aliphatic rings. The van der Waals surface area contributed by atoms with Crippen LogP contribution in [0.4, 0.5) is 11.6 Å². The molecule has 0 saturated carbocycles. The second kappa shape index (κ2) is 14.1. The number of pyridine rings is 3. The Morgan fingerprint density at radius 1 is 0.679 bits per heavy atom. The van der Waals surface area contributed by atoms with Crippen molar-refractivity contribution in [2.75, 3.05) is 11.5 Å². The molecule has 0 unspecified atom stereocenters. The molecule has 28 heavy (non-hydrogen) atoms. The fourth-order valence-corrected chi connectivity index (χ4v) is 1.84. The third-order valence-corrected chi connectivity index (χ3v) is 4.21. The van der Waals surface area contributed by atoms with Gasteiger partial charge in [-0.3, -0.25) is 4.98 Å². The average molecular weight is 391 g/mol. The Balaban J connectivity index is 0. The molecule has 0 saturated heterocycles. The number of hydrogen-bond acceptors (Lipinski definition) is 5. The molecular weight excluding hydrogens is 359 g/mol. The van der Waals surface area contributed by atoms with Gasteiger partial charge in [-0.25, -0.2) is 9.97 Å². The van der Waals surface area contributed by atoms with Crippen LogP contribution in [0.3, 0.4) is 0 Å². The van der Waals surface area contributed by atoms with Gasteiger partial charge in [0.25, 0.3) is 0 Å². The zero-order valence-corrected chi connectivity index (χ0v) is 20.1. The van der Waals surface area contributed by atoms with Gasteiger partial charge >= 0.3 is 29.6 Å². The Kier molecular flexibility index (Phi) is 14.2. The molecule has 6 nitrogen and oxygen atoms in total. The van der Waals surface area contributed by atoms with Gasteiger partial charge in [-0.1, -0.05) is 0 Å². The van der Waals surface area contributed by atoms with Crippen molar-refractivity contribution >= 4 is 11.6 Å². The molecule has 3 aromatic heterocycles. The minimum Gasteiger partial charge on any atom is -0.693 e. The van der Waals surface area contributed by atoms with E-state index >= 15 is 0 Å². The van der Waals surface area contributed by atoms with Gasteiger partial charge in [-0.05, 0) is 93.1 Å². The molecular formula is C21H31N6Na. The number of rotatable bonds is 0. The Hall–Kier alpha value is -1.99. The molecule has 0 aliphatic carbocycles. The number of hydrogen-bond donors (Lipinski definition) is 2. The SMILES string of the molecule is Cc1ccnc(N)c1C.Cc1ccncc1C.Cc1cnc(N)cc1C.[NH2-].[Na+]. The minimum atomic E-state index is 0. The largest absolute Gasteiger partial charge is 1.00 e. The van der Waals surface area contributed by atoms with E-state index in [4.69, 9.17) is 11.5 Å². The molecule has 6 N–H and O–H groups in total. The van der Waals surface area contributed by atoms with Crippen molar-refractivity contribution in [3.8, 4) is 0 Å². The van der Waals surface area contributed by atoms with Gasteiger partial charge in [0.1, 0.15) is 11.6 Å². The van der Waals surface area contributed by atoms with Gasteiger partial charge in [0.15, 0.2) is 0 Å². The fourth-order valence-electron chi connectivity index (χ4n) is 1.84. The summed E-state index contributed by atoms with van der Waals surface area (Å²) < 4.78 is 0. The van der Waals surface area contributed by atoms with Crippen LogP contribution in [-0.2, 0) is 0 Å². The molecule has 0 radical (unpaired) electrons. The molecule has 0 fully saturated rings. The second-order valence-corrected chi connectivity index (χ2v) is 6.29. The van der Waals surface area contributed by atoms with Crippen molar-refractivity contribution in [2.45, 2.75) is 41.5 Å². The van der Waals surface area contributed by atoms with Crippen molar-refractivity contribution < 1.29 is 29.6 Å². The van der Waals surface area contributed by atoms with E-state index < -0.39 is 0 Å². The normalized spacial score (nSPS) is 8.79. The third-order valence-electron chi connectivity index (χ3n) is 4.21. The summed E-state index contributed by atoms with van der Waals surface area (Å²) in [7, 11) is 0. The summed E-state index contributed by atoms with van der Waals surface area (Å²) in [6, 6.07) is 5.83. The molecule has 0 spiro atoms. The van der Waals surface area contributed by atoms with E-state index in [2.05, 4.69) is 28.8 Å². The van der Waals surface area contributed by atoms with E-state index in [1.165, 1.54) is 27.8 Å². The summed E-state index contributed by atoms with van der Waals surface area (Å²) in [5.41, 5.74) is 18.1. The van der Waals surface area contributed by atoms with Crippen molar-refractivity contribution in [1.29, 1.82) is 0 Å². The molecule has 3 aromatic rings. The van der Waals surface area contributed by atoms with Crippen molar-refractivity contribution in [3.05, 3.63) is 82.5 Å². The summed E-state index contributed by atoms with van der Waals surface area (Å²) in [5, 5.41) is 0. The second-order valence-electron chi connectivity index (χ2n) is 6.29. The van der Waals surface area contributed by atoms with Crippen LogP contribution in [0, 0.1) is 41.5 Å². The van der Waals surface area contributed by atoms with E-state index in [0.29, 0.717) is 11.6 Å². The first-order valence-corrected chi connectivity index (χ1v) is 8.46. The first kappa shape index (κ1) is 28.2. The van der Waals surface area contributed by atoms with E-state index in [-0.39, 0.29) is 35.7 Å². The topological polar surface area (TPSA) is 124 Å². The average Bonchev–Trinajstić information content (AvgIpc) is 2.60. The predicted octanol–water partition coefficient (Wildman–Crippen LogP) is 1.98. The quantitative estimate of drug-likeness (QED) is 0.568. The molecule has 7 heteroatoms. The number of nitrogens with zero attached hydrogens (tertiary/aromatic N) is 3. The first-order chi connectivity index (χ1) is 12.2. The Morgan fingerprint density at radius 3 is 1.64 bits per heavy atom. The van der Waals surface area contributed by atoms with Crippen LogP contribution < -0.4 is 41.0 Å². The number of nitrogen functional groups attached to an aromatic ring is 2. The van der Waals surface area contributed by atoms with Crippen LogP contribution in [-0.4, -0.2) is 15.0 Å². The predicted molar refractivity (Wildman–Crippen MR) is 115 cm³/mol. The standard InChI is InChI=1S/2C7H10N2.C7H9N.H2N.Na/c1-5-3-7(8)9-4-6(5)2;1-5-3-4-9-7(8)6(5)2;1-6-3-4-8-5-7(6)2;;/h2*3-4H,1-2H3,(H2,8,9);3-5H,1-2H3;1H2;/q;;;-1;+1. The van der Waals surface area contributed by atoms with Gasteiger partial charge in [0.2, 0.25) is 0 Å². The fraction of sp³-hybridized carbons (Fsp3) is 0.286. The van der Waals surface area contributed by atoms with Gasteiger partial charge in [-0.2, -0.15) is 0 Å². The first-order valence-electron chi connectivity index (χ1n) is 8.46. The molecule has 3 heterocycles. The number of aromatic nitrogens is 3. The maximum atomic E-state index is 5.51. The molecule has 0 atom stereocenters. The molecule has 146 valence electrons. The Labute approximate surface area is 191 Å². The summed E-state index contributed by atoms with van der Waals surface area (Å²) in [5.74, 6) is 1.23. The van der Waals surface area contributed by atoms with Crippen LogP contribution in [0.25, 0.3) is 6.15 Å². The van der Waals surface area contributed by atoms with Gasteiger partial charge in [0, 0.05) is 24.8 Å². The van der Waals surface area contributed by atoms with Crippen LogP contribution in [0.1, 0.15) is 33.4 Å². The molecule has 0 aromatic carbocycles. The number of aryl methyl sites for hydroxylation is 5. The summed E-state index contributed by atoms with van der Waals surface area (Å²) in [6.07, 6.45) is 7.18. The molecule has 0 aliphatic heterocycles. The maximum absolute atomic E-state index is 5.51. The van der Waals surface area contributed by atoms with E-state index in [0.717, 1.165) is 5.56 Å². The van der Waals surface area contributed by atoms with Crippen LogP contribution >= 0.6 is 0 Å². The molecule has 3 rings (SSSR count).